The third kappa shape index (κ3) is 4.20. The van der Waals surface area contributed by atoms with Gasteiger partial charge in [0.05, 0.1) is 6.61 Å². The van der Waals surface area contributed by atoms with Gasteiger partial charge in [0.25, 0.3) is 0 Å². The van der Waals surface area contributed by atoms with E-state index in [-0.39, 0.29) is 12.5 Å². The van der Waals surface area contributed by atoms with Gasteiger partial charge < -0.3 is 15.2 Å². The lowest BCUT2D eigenvalue weighted by Crippen LogP contribution is -2.26. The molecule has 1 amide bonds. The fourth-order valence-corrected chi connectivity index (χ4v) is 4.93. The Morgan fingerprint density at radius 2 is 1.56 bits per heavy atom. The van der Waals surface area contributed by atoms with Crippen LogP contribution in [-0.2, 0) is 17.9 Å². The number of fused-ring (bicyclic) bond motifs is 3. The van der Waals surface area contributed by atoms with E-state index in [0.717, 1.165) is 27.8 Å². The molecule has 0 bridgehead atoms. The Kier molecular flexibility index (Phi) is 6.15. The average Bonchev–Trinajstić information content (AvgIpc) is 3.20. The molecule has 4 heteroatoms. The van der Waals surface area contributed by atoms with Crippen LogP contribution < -0.4 is 5.32 Å². The van der Waals surface area contributed by atoms with Crippen molar-refractivity contribution in [2.24, 2.45) is 0 Å². The van der Waals surface area contributed by atoms with Crippen LogP contribution in [-0.4, -0.2) is 17.8 Å². The Morgan fingerprint density at radius 1 is 0.882 bits per heavy atom. The SMILES string of the molecule is Cc1cccc(CNC(=O)OCC2c3ccccc3-c3ccccc32)c1-c1cccc(CO)c1. The zero-order chi connectivity index (χ0) is 23.5. The summed E-state index contributed by atoms with van der Waals surface area (Å²) >= 11 is 0. The maximum absolute atomic E-state index is 12.7. The summed E-state index contributed by atoms with van der Waals surface area (Å²) in [7, 11) is 0. The van der Waals surface area contributed by atoms with Gasteiger partial charge in [-0.3, -0.25) is 0 Å². The van der Waals surface area contributed by atoms with Gasteiger partial charge in [0, 0.05) is 12.5 Å². The van der Waals surface area contributed by atoms with Gasteiger partial charge in [-0.15, -0.1) is 0 Å². The lowest BCUT2D eigenvalue weighted by atomic mass is 9.94. The maximum atomic E-state index is 12.7. The Hall–Kier alpha value is -3.89. The first kappa shape index (κ1) is 21.9. The van der Waals surface area contributed by atoms with Crippen LogP contribution in [0.15, 0.2) is 91.0 Å². The fraction of sp³-hybridized carbons (Fsp3) is 0.167. The Morgan fingerprint density at radius 3 is 2.26 bits per heavy atom. The molecule has 0 atom stereocenters. The largest absolute Gasteiger partial charge is 0.449 e. The van der Waals surface area contributed by atoms with Crippen LogP contribution in [0.4, 0.5) is 4.79 Å². The number of carbonyl (C=O) groups is 1. The molecule has 0 heterocycles. The van der Waals surface area contributed by atoms with Crippen LogP contribution in [0.1, 0.15) is 33.7 Å². The minimum atomic E-state index is -0.432. The molecule has 170 valence electrons. The summed E-state index contributed by atoms with van der Waals surface area (Å²) in [6.45, 7) is 2.70. The molecule has 0 fully saturated rings. The van der Waals surface area contributed by atoms with Crippen molar-refractivity contribution >= 4 is 6.09 Å². The fourth-order valence-electron chi connectivity index (χ4n) is 4.93. The van der Waals surface area contributed by atoms with E-state index in [4.69, 9.17) is 4.74 Å². The number of ether oxygens (including phenoxy) is 1. The third-order valence-electron chi connectivity index (χ3n) is 6.52. The van der Waals surface area contributed by atoms with Crippen LogP contribution in [0, 0.1) is 6.92 Å². The van der Waals surface area contributed by atoms with E-state index in [2.05, 4.69) is 42.6 Å². The van der Waals surface area contributed by atoms with E-state index in [1.807, 2.05) is 60.7 Å². The summed E-state index contributed by atoms with van der Waals surface area (Å²) in [5.41, 5.74) is 9.87. The van der Waals surface area contributed by atoms with Crippen LogP contribution in [0.3, 0.4) is 0 Å². The molecule has 1 aliphatic carbocycles. The minimum Gasteiger partial charge on any atom is -0.449 e. The molecule has 0 saturated carbocycles. The topological polar surface area (TPSA) is 58.6 Å². The lowest BCUT2D eigenvalue weighted by molar-refractivity contribution is 0.142. The second kappa shape index (κ2) is 9.54. The van der Waals surface area contributed by atoms with Crippen molar-refractivity contribution in [3.05, 3.63) is 119 Å². The number of rotatable bonds is 6. The summed E-state index contributed by atoms with van der Waals surface area (Å²) in [5, 5.41) is 12.4. The van der Waals surface area contributed by atoms with Crippen LogP contribution in [0.25, 0.3) is 22.3 Å². The monoisotopic (exact) mass is 449 g/mol. The standard InChI is InChI=1S/C30H27NO3/c1-20-8-6-11-23(29(20)22-10-7-9-21(16-22)18-32)17-31-30(33)34-19-28-26-14-4-2-12-24(26)25-13-3-5-15-27(25)28/h2-16,28,32H,17-19H2,1H3,(H,31,33). The summed E-state index contributed by atoms with van der Waals surface area (Å²) in [6.07, 6.45) is -0.432. The maximum Gasteiger partial charge on any atom is 0.407 e. The predicted molar refractivity (Wildman–Crippen MR) is 134 cm³/mol. The van der Waals surface area contributed by atoms with E-state index in [1.165, 1.54) is 22.3 Å². The molecular weight excluding hydrogens is 422 g/mol. The number of nitrogens with one attached hydrogen (secondary N) is 1. The Bertz CT molecular complexity index is 1300. The average molecular weight is 450 g/mol. The van der Waals surface area contributed by atoms with Gasteiger partial charge in [-0.05, 0) is 63.1 Å². The lowest BCUT2D eigenvalue weighted by Gasteiger charge is -2.16. The number of alkyl carbamates (subject to hydrolysis) is 1. The molecule has 2 N–H and O–H groups in total. The van der Waals surface area contributed by atoms with Crippen molar-refractivity contribution in [3.63, 3.8) is 0 Å². The zero-order valence-electron chi connectivity index (χ0n) is 19.1. The second-order valence-electron chi connectivity index (χ2n) is 8.65. The van der Waals surface area contributed by atoms with Gasteiger partial charge in [-0.1, -0.05) is 84.9 Å². The molecule has 5 rings (SSSR count). The molecule has 4 aromatic carbocycles. The highest BCUT2D eigenvalue weighted by molar-refractivity contribution is 5.79. The zero-order valence-corrected chi connectivity index (χ0v) is 19.1. The molecule has 4 aromatic rings. The Labute approximate surface area is 199 Å². The number of hydrogen-bond acceptors (Lipinski definition) is 3. The minimum absolute atomic E-state index is 0.00689. The highest BCUT2D eigenvalue weighted by atomic mass is 16.5. The predicted octanol–water partition coefficient (Wildman–Crippen LogP) is 6.19. The number of hydrogen-bond donors (Lipinski definition) is 2. The third-order valence-corrected chi connectivity index (χ3v) is 6.52. The second-order valence-corrected chi connectivity index (χ2v) is 8.65. The molecule has 0 radical (unpaired) electrons. The van der Waals surface area contributed by atoms with Crippen LogP contribution >= 0.6 is 0 Å². The summed E-state index contributed by atoms with van der Waals surface area (Å²) in [5.74, 6) is 0.0360. The van der Waals surface area contributed by atoms with Crippen molar-refractivity contribution in [1.82, 2.24) is 5.32 Å². The number of aliphatic hydroxyl groups excluding tert-OH is 1. The number of carbonyl (C=O) groups excluding carboxylic acids is 1. The van der Waals surface area contributed by atoms with E-state index in [9.17, 15) is 9.90 Å². The number of amides is 1. The first-order chi connectivity index (χ1) is 16.7. The summed E-state index contributed by atoms with van der Waals surface area (Å²) < 4.78 is 5.69. The number of aliphatic hydroxyl groups is 1. The molecule has 1 aliphatic rings. The van der Waals surface area contributed by atoms with Crippen molar-refractivity contribution in [1.29, 1.82) is 0 Å². The van der Waals surface area contributed by atoms with Gasteiger partial charge >= 0.3 is 6.09 Å². The normalized spacial score (nSPS) is 12.2. The van der Waals surface area contributed by atoms with Gasteiger partial charge in [-0.2, -0.15) is 0 Å². The summed E-state index contributed by atoms with van der Waals surface area (Å²) in [4.78, 5) is 12.7. The number of aryl methyl sites for hydroxylation is 1. The highest BCUT2D eigenvalue weighted by Gasteiger charge is 2.29. The van der Waals surface area contributed by atoms with Gasteiger partial charge in [0.1, 0.15) is 6.61 Å². The van der Waals surface area contributed by atoms with Gasteiger partial charge in [0.2, 0.25) is 0 Å². The van der Waals surface area contributed by atoms with Gasteiger partial charge in [-0.25, -0.2) is 4.79 Å². The molecule has 34 heavy (non-hydrogen) atoms. The molecule has 0 aliphatic heterocycles. The van der Waals surface area contributed by atoms with Gasteiger partial charge in [0.15, 0.2) is 0 Å². The smallest absolute Gasteiger partial charge is 0.407 e. The quantitative estimate of drug-likeness (QED) is 0.369. The van der Waals surface area contributed by atoms with E-state index in [1.54, 1.807) is 0 Å². The van der Waals surface area contributed by atoms with Crippen LogP contribution in [0.2, 0.25) is 0 Å². The molecule has 0 aromatic heterocycles. The van der Waals surface area contributed by atoms with Crippen molar-refractivity contribution in [3.8, 4) is 22.3 Å². The Balaban J connectivity index is 1.29. The van der Waals surface area contributed by atoms with Crippen molar-refractivity contribution < 1.29 is 14.6 Å². The van der Waals surface area contributed by atoms with E-state index >= 15 is 0 Å². The molecular formula is C30H27NO3. The molecule has 0 spiro atoms. The van der Waals surface area contributed by atoms with E-state index < -0.39 is 6.09 Å². The first-order valence-corrected chi connectivity index (χ1v) is 11.5. The van der Waals surface area contributed by atoms with Crippen molar-refractivity contribution in [2.75, 3.05) is 6.61 Å². The summed E-state index contributed by atoms with van der Waals surface area (Å²) in [6, 6.07) is 30.5. The van der Waals surface area contributed by atoms with Crippen LogP contribution in [0.5, 0.6) is 0 Å². The van der Waals surface area contributed by atoms with Crippen molar-refractivity contribution in [2.45, 2.75) is 26.0 Å². The van der Waals surface area contributed by atoms with E-state index in [0.29, 0.717) is 13.2 Å². The first-order valence-electron chi connectivity index (χ1n) is 11.5. The molecule has 0 saturated heterocycles. The highest BCUT2D eigenvalue weighted by Crippen LogP contribution is 2.44. The molecule has 4 nitrogen and oxygen atoms in total. The molecule has 0 unspecified atom stereocenters. The number of benzene rings is 4.